The van der Waals surface area contributed by atoms with Crippen molar-refractivity contribution in [3.8, 4) is 0 Å². The van der Waals surface area contributed by atoms with E-state index < -0.39 is 11.2 Å². The molecule has 0 saturated carbocycles. The third kappa shape index (κ3) is 2.81. The molecule has 1 aromatic heterocycles. The van der Waals surface area contributed by atoms with Crippen molar-refractivity contribution in [1.29, 1.82) is 0 Å². The van der Waals surface area contributed by atoms with Crippen LogP contribution in [-0.2, 0) is 7.05 Å². The van der Waals surface area contributed by atoms with Crippen LogP contribution in [0.5, 0.6) is 0 Å². The van der Waals surface area contributed by atoms with Crippen LogP contribution in [0.15, 0.2) is 9.59 Å². The third-order valence-corrected chi connectivity index (χ3v) is 3.71. The zero-order valence-corrected chi connectivity index (χ0v) is 11.4. The largest absolute Gasteiger partial charge is 0.383 e. The van der Waals surface area contributed by atoms with Gasteiger partial charge in [0.15, 0.2) is 0 Å². The molecule has 0 amide bonds. The van der Waals surface area contributed by atoms with E-state index in [2.05, 4.69) is 22.1 Å². The van der Waals surface area contributed by atoms with Crippen molar-refractivity contribution < 1.29 is 0 Å². The number of nitrogens with zero attached hydrogens (tertiary/aromatic N) is 2. The molecule has 7 heteroatoms. The van der Waals surface area contributed by atoms with Crippen molar-refractivity contribution in [3.63, 3.8) is 0 Å². The minimum Gasteiger partial charge on any atom is -0.383 e. The van der Waals surface area contributed by atoms with Gasteiger partial charge in [0, 0.05) is 19.6 Å². The summed E-state index contributed by atoms with van der Waals surface area (Å²) in [5.74, 6) is 0.169. The fourth-order valence-electron chi connectivity index (χ4n) is 2.37. The van der Waals surface area contributed by atoms with Gasteiger partial charge >= 0.3 is 5.69 Å². The first-order valence-electron chi connectivity index (χ1n) is 6.57. The van der Waals surface area contributed by atoms with Crippen LogP contribution in [0.25, 0.3) is 0 Å². The predicted molar refractivity (Wildman–Crippen MR) is 75.5 cm³/mol. The second-order valence-corrected chi connectivity index (χ2v) is 5.05. The lowest BCUT2D eigenvalue weighted by molar-refractivity contribution is 0.269. The van der Waals surface area contributed by atoms with Crippen molar-refractivity contribution in [2.24, 2.45) is 7.05 Å². The summed E-state index contributed by atoms with van der Waals surface area (Å²) in [5.41, 5.74) is 5.10. The lowest BCUT2D eigenvalue weighted by Gasteiger charge is -2.24. The molecule has 4 N–H and O–H groups in total. The monoisotopic (exact) mass is 267 g/mol. The van der Waals surface area contributed by atoms with E-state index in [9.17, 15) is 9.59 Å². The van der Waals surface area contributed by atoms with E-state index in [0.717, 1.165) is 13.1 Å². The maximum atomic E-state index is 11.7. The highest BCUT2D eigenvalue weighted by molar-refractivity contribution is 5.60. The van der Waals surface area contributed by atoms with Crippen molar-refractivity contribution >= 4 is 11.5 Å². The number of hydrogen-bond donors (Lipinski definition) is 3. The zero-order valence-electron chi connectivity index (χ0n) is 11.4. The summed E-state index contributed by atoms with van der Waals surface area (Å²) in [6.45, 7) is 4.94. The molecule has 106 valence electrons. The molecule has 0 radical (unpaired) electrons. The Balaban J connectivity index is 2.09. The van der Waals surface area contributed by atoms with E-state index in [1.165, 1.54) is 24.5 Å². The molecule has 7 nitrogen and oxygen atoms in total. The van der Waals surface area contributed by atoms with E-state index in [0.29, 0.717) is 12.6 Å². The number of aromatic amines is 1. The van der Waals surface area contributed by atoms with Crippen molar-refractivity contribution in [3.05, 3.63) is 20.8 Å². The summed E-state index contributed by atoms with van der Waals surface area (Å²) < 4.78 is 1.23. The van der Waals surface area contributed by atoms with Gasteiger partial charge in [-0.2, -0.15) is 0 Å². The molecule has 0 bridgehead atoms. The van der Waals surface area contributed by atoms with Gasteiger partial charge in [-0.3, -0.25) is 19.2 Å². The van der Waals surface area contributed by atoms with E-state index in [1.807, 2.05) is 0 Å². The SMILES string of the molecule is CC(CNc1c(N)n(C)c(=O)[nH]c1=O)N1CCCC1. The number of nitrogens with one attached hydrogen (secondary N) is 2. The Morgan fingerprint density at radius 3 is 2.63 bits per heavy atom. The Morgan fingerprint density at radius 1 is 1.37 bits per heavy atom. The number of anilines is 2. The zero-order chi connectivity index (χ0) is 14.0. The summed E-state index contributed by atoms with van der Waals surface area (Å²) in [4.78, 5) is 27.7. The molecule has 1 aliphatic heterocycles. The highest BCUT2D eigenvalue weighted by Gasteiger charge is 2.18. The van der Waals surface area contributed by atoms with Crippen LogP contribution in [0.4, 0.5) is 11.5 Å². The molecule has 2 rings (SSSR count). The Morgan fingerprint density at radius 2 is 2.00 bits per heavy atom. The highest BCUT2D eigenvalue weighted by atomic mass is 16.2. The van der Waals surface area contributed by atoms with Crippen LogP contribution in [-0.4, -0.2) is 40.1 Å². The molecule has 1 atom stereocenters. The van der Waals surface area contributed by atoms with Gasteiger partial charge < -0.3 is 11.1 Å². The normalized spacial score (nSPS) is 17.6. The molecular weight excluding hydrogens is 246 g/mol. The molecule has 0 aliphatic carbocycles. The molecule has 1 unspecified atom stereocenters. The number of aromatic nitrogens is 2. The van der Waals surface area contributed by atoms with Gasteiger partial charge in [-0.1, -0.05) is 0 Å². The van der Waals surface area contributed by atoms with Crippen molar-refractivity contribution in [2.75, 3.05) is 30.7 Å². The molecule has 1 saturated heterocycles. The fourth-order valence-corrected chi connectivity index (χ4v) is 2.37. The second-order valence-electron chi connectivity index (χ2n) is 5.05. The number of hydrogen-bond acceptors (Lipinski definition) is 5. The Kier molecular flexibility index (Phi) is 3.94. The quantitative estimate of drug-likeness (QED) is 0.687. The van der Waals surface area contributed by atoms with Crippen molar-refractivity contribution in [1.82, 2.24) is 14.5 Å². The average molecular weight is 267 g/mol. The van der Waals surface area contributed by atoms with Gasteiger partial charge in [0.05, 0.1) is 0 Å². The molecule has 0 spiro atoms. The predicted octanol–water partition coefficient (Wildman–Crippen LogP) is -0.448. The molecule has 1 fully saturated rings. The lowest BCUT2D eigenvalue weighted by atomic mass is 10.3. The van der Waals surface area contributed by atoms with Gasteiger partial charge in [0.25, 0.3) is 5.56 Å². The lowest BCUT2D eigenvalue weighted by Crippen LogP contribution is -2.38. The van der Waals surface area contributed by atoms with E-state index in [-0.39, 0.29) is 11.5 Å². The maximum absolute atomic E-state index is 11.7. The number of nitrogens with two attached hydrogens (primary N) is 1. The van der Waals surface area contributed by atoms with Crippen LogP contribution in [0, 0.1) is 0 Å². The van der Waals surface area contributed by atoms with E-state index >= 15 is 0 Å². The number of nitrogen functional groups attached to an aromatic ring is 1. The number of rotatable bonds is 4. The first-order valence-corrected chi connectivity index (χ1v) is 6.57. The van der Waals surface area contributed by atoms with Crippen LogP contribution >= 0.6 is 0 Å². The maximum Gasteiger partial charge on any atom is 0.329 e. The van der Waals surface area contributed by atoms with Crippen LogP contribution < -0.4 is 22.3 Å². The minimum atomic E-state index is -0.499. The smallest absolute Gasteiger partial charge is 0.329 e. The first-order chi connectivity index (χ1) is 9.00. The number of H-pyrrole nitrogens is 1. The third-order valence-electron chi connectivity index (χ3n) is 3.71. The summed E-state index contributed by atoms with van der Waals surface area (Å²) in [5, 5.41) is 3.06. The molecule has 1 aliphatic rings. The molecule has 19 heavy (non-hydrogen) atoms. The molecule has 0 aromatic carbocycles. The van der Waals surface area contributed by atoms with Gasteiger partial charge in [-0.15, -0.1) is 0 Å². The number of likely N-dealkylation sites (tertiary alicyclic amines) is 1. The summed E-state index contributed by atoms with van der Waals surface area (Å²) in [6, 6.07) is 0.332. The Hall–Kier alpha value is -1.76. The molecular formula is C12H21N5O2. The van der Waals surface area contributed by atoms with Crippen molar-refractivity contribution in [2.45, 2.75) is 25.8 Å². The summed E-state index contributed by atoms with van der Waals surface area (Å²) >= 11 is 0. The molecule has 2 heterocycles. The van der Waals surface area contributed by atoms with E-state index in [1.54, 1.807) is 0 Å². The summed E-state index contributed by atoms with van der Waals surface area (Å²) in [7, 11) is 1.53. The fraction of sp³-hybridized carbons (Fsp3) is 0.667. The molecule has 1 aromatic rings. The standard InChI is InChI=1S/C12H21N5O2/c1-8(17-5-3-4-6-17)7-14-9-10(13)16(2)12(19)15-11(9)18/h8,14H,3-7,13H2,1-2H3,(H,15,18,19). The Labute approximate surface area is 111 Å². The van der Waals surface area contributed by atoms with Gasteiger partial charge in [-0.25, -0.2) is 4.79 Å². The van der Waals surface area contributed by atoms with Gasteiger partial charge in [0.1, 0.15) is 11.5 Å². The average Bonchev–Trinajstić information content (AvgIpc) is 2.89. The van der Waals surface area contributed by atoms with E-state index in [4.69, 9.17) is 5.73 Å². The topological polar surface area (TPSA) is 96.1 Å². The Bertz CT molecular complexity index is 556. The van der Waals surface area contributed by atoms with Crippen LogP contribution in [0.3, 0.4) is 0 Å². The van der Waals surface area contributed by atoms with Gasteiger partial charge in [-0.05, 0) is 32.9 Å². The second kappa shape index (κ2) is 5.48. The first kappa shape index (κ1) is 13.7. The summed E-state index contributed by atoms with van der Waals surface area (Å²) in [6.07, 6.45) is 2.46. The minimum absolute atomic E-state index is 0.169. The highest BCUT2D eigenvalue weighted by Crippen LogP contribution is 2.13. The van der Waals surface area contributed by atoms with Crippen LogP contribution in [0.2, 0.25) is 0 Å². The van der Waals surface area contributed by atoms with Gasteiger partial charge in [0.2, 0.25) is 0 Å². The van der Waals surface area contributed by atoms with Crippen LogP contribution in [0.1, 0.15) is 19.8 Å².